The molecule has 1 saturated heterocycles. The van der Waals surface area contributed by atoms with Crippen molar-refractivity contribution in [2.75, 3.05) is 75.6 Å². The Morgan fingerprint density at radius 2 is 1.70 bits per heavy atom. The molecule has 1 aliphatic rings. The quantitative estimate of drug-likeness (QED) is 0.746. The summed E-state index contributed by atoms with van der Waals surface area (Å²) in [6, 6.07) is 0. The van der Waals surface area contributed by atoms with Gasteiger partial charge in [-0.25, -0.2) is 9.34 Å². The van der Waals surface area contributed by atoms with E-state index in [1.54, 1.807) is 23.4 Å². The summed E-state index contributed by atoms with van der Waals surface area (Å²) in [6.45, 7) is 2.75. The molecule has 0 aromatic rings. The van der Waals surface area contributed by atoms with E-state index in [9.17, 15) is 4.57 Å². The minimum absolute atomic E-state index is 0. The van der Waals surface area contributed by atoms with Gasteiger partial charge in [-0.2, -0.15) is 0 Å². The second-order valence-electron chi connectivity index (χ2n) is 5.29. The van der Waals surface area contributed by atoms with Crippen LogP contribution >= 0.6 is 7.67 Å². The van der Waals surface area contributed by atoms with Crippen molar-refractivity contribution in [3.8, 4) is 0 Å². The summed E-state index contributed by atoms with van der Waals surface area (Å²) in [5.74, 6) is 0. The Morgan fingerprint density at radius 3 is 1.91 bits per heavy atom. The molecule has 0 spiro atoms. The Labute approximate surface area is 145 Å². The van der Waals surface area contributed by atoms with E-state index in [0.717, 1.165) is 25.9 Å². The van der Waals surface area contributed by atoms with E-state index in [1.165, 1.54) is 0 Å². The van der Waals surface area contributed by atoms with Gasteiger partial charge in [-0.15, -0.1) is 0 Å². The summed E-state index contributed by atoms with van der Waals surface area (Å²) in [5, 5.41) is 11.0. The van der Waals surface area contributed by atoms with E-state index < -0.39 is 7.67 Å². The lowest BCUT2D eigenvalue weighted by molar-refractivity contribution is 0.192. The van der Waals surface area contributed by atoms with E-state index in [1.807, 2.05) is 35.2 Å². The zero-order valence-corrected chi connectivity index (χ0v) is 15.7. The number of aliphatic hydroxyl groups excluding tert-OH is 1. The third kappa shape index (κ3) is 15.3. The van der Waals surface area contributed by atoms with Crippen molar-refractivity contribution in [3.63, 3.8) is 0 Å². The molecule has 0 aromatic carbocycles. The highest BCUT2D eigenvalue weighted by atomic mass is 31.2. The molecule has 1 atom stereocenters. The van der Waals surface area contributed by atoms with Crippen LogP contribution in [0.25, 0.3) is 0 Å². The number of nitrogens with one attached hydrogen (secondary N) is 1. The maximum absolute atomic E-state index is 11.9. The van der Waals surface area contributed by atoms with Crippen LogP contribution in [-0.2, 0) is 9.09 Å². The van der Waals surface area contributed by atoms with Gasteiger partial charge in [0, 0.05) is 13.2 Å². The highest BCUT2D eigenvalue weighted by molar-refractivity contribution is 7.53. The van der Waals surface area contributed by atoms with Gasteiger partial charge in [-0.1, -0.05) is 14.9 Å². The van der Waals surface area contributed by atoms with Crippen LogP contribution in [0, 0.1) is 0 Å². The molecule has 23 heavy (non-hydrogen) atoms. The normalized spacial score (nSPS) is 20.4. The molecule has 0 radical (unpaired) electrons. The van der Waals surface area contributed by atoms with Gasteiger partial charge in [0.05, 0.1) is 6.61 Å². The molecule has 2 N–H and O–H groups in total. The van der Waals surface area contributed by atoms with Gasteiger partial charge in [-0.05, 0) is 68.7 Å². The van der Waals surface area contributed by atoms with Gasteiger partial charge < -0.3 is 19.8 Å². The first-order chi connectivity index (χ1) is 9.76. The number of hydrogen-bond donors (Lipinski definition) is 2. The van der Waals surface area contributed by atoms with Gasteiger partial charge in [0.25, 0.3) is 0 Å². The summed E-state index contributed by atoms with van der Waals surface area (Å²) in [4.78, 5) is 2.05. The zero-order valence-electron chi connectivity index (χ0n) is 14.8. The minimum Gasteiger partial charge on any atom is -0.396 e. The van der Waals surface area contributed by atoms with Crippen molar-refractivity contribution in [1.29, 1.82) is 0 Å². The molecular formula is C15H43N4O3P. The third-order valence-corrected chi connectivity index (χ3v) is 5.18. The fraction of sp³-hybridized carbons (Fsp3) is 1.00. The Balaban J connectivity index is -0.000000132. The lowest BCUT2D eigenvalue weighted by Gasteiger charge is -2.35. The monoisotopic (exact) mass is 358 g/mol. The fourth-order valence-electron chi connectivity index (χ4n) is 1.51. The van der Waals surface area contributed by atoms with Gasteiger partial charge >= 0.3 is 7.67 Å². The van der Waals surface area contributed by atoms with Crippen LogP contribution in [-0.4, -0.2) is 95.0 Å². The van der Waals surface area contributed by atoms with E-state index >= 15 is 0 Å². The number of hydrogen-bond acceptors (Lipinski definition) is 5. The van der Waals surface area contributed by atoms with Gasteiger partial charge in [0.15, 0.2) is 0 Å². The molecule has 0 saturated carbocycles. The van der Waals surface area contributed by atoms with Crippen molar-refractivity contribution in [2.24, 2.45) is 0 Å². The summed E-state index contributed by atoms with van der Waals surface area (Å²) in [6.07, 6.45) is 1.85. The Bertz CT molecular complexity index is 279. The Kier molecular flexibility index (Phi) is 24.6. The van der Waals surface area contributed by atoms with Crippen molar-refractivity contribution in [3.05, 3.63) is 0 Å². The number of rotatable bonds is 4. The van der Waals surface area contributed by atoms with E-state index in [2.05, 4.69) is 10.2 Å². The van der Waals surface area contributed by atoms with E-state index in [-0.39, 0.29) is 14.9 Å². The molecule has 0 aliphatic carbocycles. The third-order valence-electron chi connectivity index (χ3n) is 2.59. The summed E-state index contributed by atoms with van der Waals surface area (Å²) in [7, 11) is 10.5. The molecule has 1 unspecified atom stereocenters. The summed E-state index contributed by atoms with van der Waals surface area (Å²) >= 11 is 0. The van der Waals surface area contributed by atoms with Crippen molar-refractivity contribution >= 4 is 7.67 Å². The predicted octanol–water partition coefficient (Wildman–Crippen LogP) is 2.05. The second-order valence-corrected chi connectivity index (χ2v) is 8.01. The number of aliphatic hydroxyl groups is 1. The lowest BCUT2D eigenvalue weighted by atomic mass is 10.4. The topological polar surface area (TPSA) is 68.3 Å². The van der Waals surface area contributed by atoms with Crippen molar-refractivity contribution in [2.45, 2.75) is 27.7 Å². The van der Waals surface area contributed by atoms with Crippen molar-refractivity contribution < 1.29 is 14.2 Å². The molecular weight excluding hydrogens is 315 g/mol. The van der Waals surface area contributed by atoms with Crippen LogP contribution < -0.4 is 5.32 Å². The molecule has 1 heterocycles. The summed E-state index contributed by atoms with van der Waals surface area (Å²) in [5.41, 5.74) is 0. The minimum atomic E-state index is -2.61. The van der Waals surface area contributed by atoms with Crippen LogP contribution in [0.3, 0.4) is 0 Å². The molecule has 1 aliphatic heterocycles. The van der Waals surface area contributed by atoms with Crippen LogP contribution in [0.15, 0.2) is 0 Å². The summed E-state index contributed by atoms with van der Waals surface area (Å²) < 4.78 is 20.6. The molecule has 1 fully saturated rings. The smallest absolute Gasteiger partial charge is 0.345 e. The second kappa shape index (κ2) is 18.3. The lowest BCUT2D eigenvalue weighted by Crippen LogP contribution is -2.31. The largest absolute Gasteiger partial charge is 0.396 e. The zero-order chi connectivity index (χ0) is 16.9. The van der Waals surface area contributed by atoms with Crippen LogP contribution in [0.4, 0.5) is 0 Å². The Morgan fingerprint density at radius 1 is 1.22 bits per heavy atom. The first kappa shape index (κ1) is 30.8. The SMILES string of the molecule is C.C.CN(C)CCCO.CN(C)P1(=O)OCCCN1C.CNC. The van der Waals surface area contributed by atoms with Crippen LogP contribution in [0.5, 0.6) is 0 Å². The standard InChI is InChI=1S/C6H15N2O2P.C5H13NO.C2H7N.2CH4/c1-7(2)11(9)8(3)5-4-6-10-11;1-6(2)4-3-5-7;1-3-2;;/h4-6H2,1-3H3;7H,3-5H2,1-2H3;3H,1-2H3;2*1H4. The van der Waals surface area contributed by atoms with E-state index in [0.29, 0.717) is 13.2 Å². The molecule has 146 valence electrons. The van der Waals surface area contributed by atoms with Crippen LogP contribution in [0.2, 0.25) is 0 Å². The highest BCUT2D eigenvalue weighted by Crippen LogP contribution is 2.53. The first-order valence-corrected chi connectivity index (χ1v) is 8.77. The average Bonchev–Trinajstić information content (AvgIpc) is 2.41. The maximum atomic E-state index is 11.9. The van der Waals surface area contributed by atoms with Gasteiger partial charge in [-0.3, -0.25) is 4.57 Å². The average molecular weight is 359 g/mol. The maximum Gasteiger partial charge on any atom is 0.345 e. The molecule has 1 rings (SSSR count). The number of nitrogens with zero attached hydrogens (tertiary/aromatic N) is 3. The molecule has 0 amide bonds. The Hall–Kier alpha value is -0.0100. The highest BCUT2D eigenvalue weighted by Gasteiger charge is 2.34. The van der Waals surface area contributed by atoms with E-state index in [4.69, 9.17) is 9.63 Å². The molecule has 7 nitrogen and oxygen atoms in total. The molecule has 8 heteroatoms. The van der Waals surface area contributed by atoms with Gasteiger partial charge in [0.1, 0.15) is 0 Å². The fourth-order valence-corrected chi connectivity index (χ4v) is 3.31. The first-order valence-electron chi connectivity index (χ1n) is 7.24. The molecule has 0 aromatic heterocycles. The predicted molar refractivity (Wildman–Crippen MR) is 103 cm³/mol. The van der Waals surface area contributed by atoms with Crippen molar-refractivity contribution in [1.82, 2.24) is 19.6 Å². The van der Waals surface area contributed by atoms with Gasteiger partial charge in [0.2, 0.25) is 0 Å². The van der Waals surface area contributed by atoms with Crippen LogP contribution in [0.1, 0.15) is 27.7 Å². The molecule has 0 bridgehead atoms.